The van der Waals surface area contributed by atoms with Crippen LogP contribution in [0.2, 0.25) is 0 Å². The van der Waals surface area contributed by atoms with Crippen LogP contribution < -0.4 is 5.32 Å². The van der Waals surface area contributed by atoms with Crippen LogP contribution >= 0.6 is 0 Å². The molecule has 1 N–H and O–H groups in total. The maximum atomic E-state index is 11.7. The van der Waals surface area contributed by atoms with Gasteiger partial charge >= 0.3 is 0 Å². The Hall–Kier alpha value is -1.01. The van der Waals surface area contributed by atoms with Gasteiger partial charge in [0.15, 0.2) is 9.84 Å². The highest BCUT2D eigenvalue weighted by Gasteiger charge is 2.24. The molecule has 0 bridgehead atoms. The van der Waals surface area contributed by atoms with Crippen LogP contribution in [0.5, 0.6) is 0 Å². The molecule has 0 aliphatic carbocycles. The van der Waals surface area contributed by atoms with E-state index in [-0.39, 0.29) is 10.8 Å². The summed E-state index contributed by atoms with van der Waals surface area (Å²) in [5.41, 5.74) is 0.673. The highest BCUT2D eigenvalue weighted by molar-refractivity contribution is 7.90. The van der Waals surface area contributed by atoms with E-state index in [1.165, 1.54) is 12.5 Å². The molecular weight excluding hydrogens is 238 g/mol. The molecule has 0 spiro atoms. The highest BCUT2D eigenvalue weighted by atomic mass is 32.2. The molecule has 1 saturated heterocycles. The Morgan fingerprint density at radius 1 is 1.47 bits per heavy atom. The van der Waals surface area contributed by atoms with E-state index < -0.39 is 9.84 Å². The number of rotatable bonds is 2. The van der Waals surface area contributed by atoms with Crippen LogP contribution in [0.4, 0.5) is 0 Å². The minimum absolute atomic E-state index is 0.176. The molecule has 1 aromatic heterocycles. The second-order valence-electron chi connectivity index (χ2n) is 4.48. The zero-order valence-electron chi connectivity index (χ0n) is 10.1. The van der Waals surface area contributed by atoms with Gasteiger partial charge in [-0.25, -0.2) is 18.4 Å². The second-order valence-corrected chi connectivity index (χ2v) is 6.47. The summed E-state index contributed by atoms with van der Waals surface area (Å²) in [6.45, 7) is 3.57. The molecule has 1 unspecified atom stereocenters. The zero-order chi connectivity index (χ0) is 12.5. The molecule has 1 fully saturated rings. The minimum atomic E-state index is -3.25. The van der Waals surface area contributed by atoms with Gasteiger partial charge in [-0.2, -0.15) is 0 Å². The Morgan fingerprint density at radius 3 is 2.82 bits per heavy atom. The summed E-state index contributed by atoms with van der Waals surface area (Å²) in [5.74, 6) is 0.799. The van der Waals surface area contributed by atoms with Gasteiger partial charge in [0.2, 0.25) is 0 Å². The molecule has 2 heterocycles. The number of aryl methyl sites for hydroxylation is 1. The van der Waals surface area contributed by atoms with Crippen LogP contribution in [0.1, 0.15) is 30.3 Å². The average molecular weight is 255 g/mol. The number of nitrogens with zero attached hydrogens (tertiary/aromatic N) is 2. The molecular formula is C11H17N3O2S. The van der Waals surface area contributed by atoms with E-state index >= 15 is 0 Å². The van der Waals surface area contributed by atoms with Gasteiger partial charge in [-0.3, -0.25) is 0 Å². The third-order valence-electron chi connectivity index (χ3n) is 2.99. The van der Waals surface area contributed by atoms with E-state index in [9.17, 15) is 8.42 Å². The molecule has 5 nitrogen and oxygen atoms in total. The van der Waals surface area contributed by atoms with Crippen molar-refractivity contribution in [3.8, 4) is 0 Å². The van der Waals surface area contributed by atoms with Gasteiger partial charge in [0.05, 0.1) is 5.69 Å². The maximum Gasteiger partial charge on any atom is 0.178 e. The van der Waals surface area contributed by atoms with Gasteiger partial charge in [-0.1, -0.05) is 0 Å². The van der Waals surface area contributed by atoms with Crippen molar-refractivity contribution in [1.29, 1.82) is 0 Å². The Balaban J connectivity index is 2.46. The van der Waals surface area contributed by atoms with Crippen molar-refractivity contribution in [3.05, 3.63) is 17.7 Å². The molecule has 0 amide bonds. The van der Waals surface area contributed by atoms with Crippen LogP contribution in [0.25, 0.3) is 0 Å². The molecule has 1 atom stereocenters. The Morgan fingerprint density at radius 2 is 2.24 bits per heavy atom. The van der Waals surface area contributed by atoms with Gasteiger partial charge in [-0.15, -0.1) is 0 Å². The molecule has 1 aliphatic heterocycles. The first-order valence-electron chi connectivity index (χ1n) is 5.73. The van der Waals surface area contributed by atoms with Gasteiger partial charge in [0.25, 0.3) is 0 Å². The fraction of sp³-hybridized carbons (Fsp3) is 0.636. The van der Waals surface area contributed by atoms with E-state index in [0.717, 1.165) is 25.9 Å². The predicted octanol–water partition coefficient (Wildman–Crippen LogP) is 0.656. The summed E-state index contributed by atoms with van der Waals surface area (Å²) >= 11 is 0. The number of piperidine rings is 1. The van der Waals surface area contributed by atoms with E-state index in [4.69, 9.17) is 0 Å². The normalized spacial score (nSPS) is 21.4. The molecule has 94 valence electrons. The van der Waals surface area contributed by atoms with Crippen molar-refractivity contribution >= 4 is 9.84 Å². The monoisotopic (exact) mass is 255 g/mol. The maximum absolute atomic E-state index is 11.7. The Kier molecular flexibility index (Phi) is 3.44. The standard InChI is InChI=1S/C11H17N3O2S/c1-8-13-7-10(17(2,15)16)11(14-8)9-4-3-5-12-6-9/h7,9,12H,3-6H2,1-2H3. The van der Waals surface area contributed by atoms with Crippen molar-refractivity contribution in [2.24, 2.45) is 0 Å². The number of nitrogens with one attached hydrogen (secondary N) is 1. The first kappa shape index (κ1) is 12.4. The molecule has 1 aromatic rings. The van der Waals surface area contributed by atoms with Crippen LogP contribution in [-0.4, -0.2) is 37.7 Å². The largest absolute Gasteiger partial charge is 0.316 e. The lowest BCUT2D eigenvalue weighted by molar-refractivity contribution is 0.447. The second kappa shape index (κ2) is 4.70. The smallest absolute Gasteiger partial charge is 0.178 e. The van der Waals surface area contributed by atoms with Crippen LogP contribution in [0, 0.1) is 6.92 Å². The fourth-order valence-electron chi connectivity index (χ4n) is 2.14. The summed E-state index contributed by atoms with van der Waals surface area (Å²) in [5, 5.41) is 3.28. The topological polar surface area (TPSA) is 72.0 Å². The van der Waals surface area contributed by atoms with Crippen molar-refractivity contribution in [2.45, 2.75) is 30.6 Å². The quantitative estimate of drug-likeness (QED) is 0.840. The van der Waals surface area contributed by atoms with Crippen molar-refractivity contribution in [2.75, 3.05) is 19.3 Å². The Labute approximate surface area is 102 Å². The molecule has 17 heavy (non-hydrogen) atoms. The lowest BCUT2D eigenvalue weighted by Gasteiger charge is -2.23. The lowest BCUT2D eigenvalue weighted by atomic mass is 9.96. The third-order valence-corrected chi connectivity index (χ3v) is 4.10. The van der Waals surface area contributed by atoms with Crippen molar-refractivity contribution < 1.29 is 8.42 Å². The summed E-state index contributed by atoms with van der Waals surface area (Å²) < 4.78 is 23.4. The fourth-order valence-corrected chi connectivity index (χ4v) is 2.98. The van der Waals surface area contributed by atoms with Gasteiger partial charge < -0.3 is 5.32 Å². The first-order valence-corrected chi connectivity index (χ1v) is 7.62. The summed E-state index contributed by atoms with van der Waals surface area (Å²) in [7, 11) is -3.25. The molecule has 6 heteroatoms. The molecule has 2 rings (SSSR count). The first-order chi connectivity index (χ1) is 7.98. The van der Waals surface area contributed by atoms with Crippen LogP contribution in [0.15, 0.2) is 11.1 Å². The van der Waals surface area contributed by atoms with Crippen LogP contribution in [0.3, 0.4) is 0 Å². The summed E-state index contributed by atoms with van der Waals surface area (Å²) in [6, 6.07) is 0. The molecule has 0 aromatic carbocycles. The number of hydrogen-bond donors (Lipinski definition) is 1. The highest BCUT2D eigenvalue weighted by Crippen LogP contribution is 2.26. The van der Waals surface area contributed by atoms with Gasteiger partial charge in [0.1, 0.15) is 10.7 Å². The molecule has 0 radical (unpaired) electrons. The predicted molar refractivity (Wildman–Crippen MR) is 64.7 cm³/mol. The van der Waals surface area contributed by atoms with Gasteiger partial charge in [-0.05, 0) is 26.3 Å². The minimum Gasteiger partial charge on any atom is -0.316 e. The van der Waals surface area contributed by atoms with Gasteiger partial charge in [0, 0.05) is 24.9 Å². The third kappa shape index (κ3) is 2.81. The molecule has 0 saturated carbocycles. The number of hydrogen-bond acceptors (Lipinski definition) is 5. The lowest BCUT2D eigenvalue weighted by Crippen LogP contribution is -2.30. The van der Waals surface area contributed by atoms with Crippen molar-refractivity contribution in [3.63, 3.8) is 0 Å². The number of sulfone groups is 1. The zero-order valence-corrected chi connectivity index (χ0v) is 10.9. The SMILES string of the molecule is Cc1ncc(S(C)(=O)=O)c(C2CCCNC2)n1. The van der Waals surface area contributed by atoms with E-state index in [0.29, 0.717) is 11.5 Å². The van der Waals surface area contributed by atoms with E-state index in [2.05, 4.69) is 15.3 Å². The van der Waals surface area contributed by atoms with E-state index in [1.807, 2.05) is 0 Å². The van der Waals surface area contributed by atoms with Crippen LogP contribution in [-0.2, 0) is 9.84 Å². The molecule has 1 aliphatic rings. The van der Waals surface area contributed by atoms with E-state index in [1.54, 1.807) is 6.92 Å². The average Bonchev–Trinajstić information content (AvgIpc) is 2.28. The summed E-state index contributed by atoms with van der Waals surface area (Å²) in [4.78, 5) is 8.60. The summed E-state index contributed by atoms with van der Waals surface area (Å²) in [6.07, 6.45) is 4.67. The Bertz CT molecular complexity index is 507. The number of aromatic nitrogens is 2. The van der Waals surface area contributed by atoms with Crippen molar-refractivity contribution in [1.82, 2.24) is 15.3 Å².